The quantitative estimate of drug-likeness (QED) is 0.926. The molecule has 0 radical (unpaired) electrons. The van der Waals surface area contributed by atoms with E-state index in [4.69, 9.17) is 4.74 Å². The predicted molar refractivity (Wildman–Crippen MR) is 74.5 cm³/mol. The van der Waals surface area contributed by atoms with E-state index in [1.165, 1.54) is 0 Å². The van der Waals surface area contributed by atoms with Crippen LogP contribution >= 0.6 is 0 Å². The van der Waals surface area contributed by atoms with Crippen molar-refractivity contribution in [2.75, 3.05) is 5.32 Å². The van der Waals surface area contributed by atoms with E-state index in [1.54, 1.807) is 24.7 Å². The highest BCUT2D eigenvalue weighted by molar-refractivity contribution is 5.93. The van der Waals surface area contributed by atoms with Crippen LogP contribution in [-0.2, 0) is 4.79 Å². The van der Waals surface area contributed by atoms with E-state index in [-0.39, 0.29) is 11.8 Å². The number of hydrogen-bond acceptors (Lipinski definition) is 4. The molecule has 1 aliphatic rings. The molecule has 102 valence electrons. The average molecular weight is 269 g/mol. The number of hydrogen-bond donors (Lipinski definition) is 1. The lowest BCUT2D eigenvalue weighted by Gasteiger charge is -2.24. The first kappa shape index (κ1) is 12.6. The minimum atomic E-state index is 0.0907. The molecule has 1 heterocycles. The lowest BCUT2D eigenvalue weighted by atomic mass is 9.85. The molecule has 0 atom stereocenters. The molecule has 0 saturated heterocycles. The Balaban J connectivity index is 1.67. The van der Waals surface area contributed by atoms with Crippen LogP contribution in [0.15, 0.2) is 42.9 Å². The number of anilines is 1. The molecule has 1 aromatic carbocycles. The minimum absolute atomic E-state index is 0.0907. The van der Waals surface area contributed by atoms with Gasteiger partial charge in [0.05, 0.1) is 6.20 Å². The molecule has 0 bridgehead atoms. The zero-order valence-electron chi connectivity index (χ0n) is 11.0. The number of nitrogens with one attached hydrogen (secondary N) is 1. The Morgan fingerprint density at radius 1 is 1.30 bits per heavy atom. The summed E-state index contributed by atoms with van der Waals surface area (Å²) in [5.41, 5.74) is 0.739. The maximum atomic E-state index is 11.9. The number of benzene rings is 1. The summed E-state index contributed by atoms with van der Waals surface area (Å²) in [5.74, 6) is 1.30. The average Bonchev–Trinajstić information content (AvgIpc) is 2.38. The third-order valence-electron chi connectivity index (χ3n) is 3.34. The van der Waals surface area contributed by atoms with E-state index < -0.39 is 0 Å². The highest BCUT2D eigenvalue weighted by Crippen LogP contribution is 2.28. The molecule has 2 aromatic rings. The van der Waals surface area contributed by atoms with Crippen LogP contribution in [0.5, 0.6) is 11.6 Å². The first-order chi connectivity index (χ1) is 9.81. The summed E-state index contributed by atoms with van der Waals surface area (Å²) in [7, 11) is 0. The third kappa shape index (κ3) is 2.93. The van der Waals surface area contributed by atoms with Gasteiger partial charge in [0.15, 0.2) is 0 Å². The predicted octanol–water partition coefficient (Wildman–Crippen LogP) is 3.01. The second-order valence-electron chi connectivity index (χ2n) is 4.79. The molecule has 1 fully saturated rings. The Hall–Kier alpha value is -2.43. The fourth-order valence-electron chi connectivity index (χ4n) is 2.01. The summed E-state index contributed by atoms with van der Waals surface area (Å²) >= 11 is 0. The number of carbonyl (C=O) groups excluding carboxylic acids is 1. The van der Waals surface area contributed by atoms with E-state index in [1.807, 2.05) is 18.2 Å². The van der Waals surface area contributed by atoms with Gasteiger partial charge >= 0.3 is 0 Å². The van der Waals surface area contributed by atoms with Crippen LogP contribution in [0.25, 0.3) is 0 Å². The number of rotatable bonds is 4. The topological polar surface area (TPSA) is 64.1 Å². The molecule has 1 aliphatic carbocycles. The molecule has 1 aromatic heterocycles. The van der Waals surface area contributed by atoms with Gasteiger partial charge in [-0.3, -0.25) is 9.78 Å². The summed E-state index contributed by atoms with van der Waals surface area (Å²) in [6.07, 6.45) is 7.82. The first-order valence-corrected chi connectivity index (χ1v) is 6.66. The largest absolute Gasteiger partial charge is 0.437 e. The summed E-state index contributed by atoms with van der Waals surface area (Å²) in [6.45, 7) is 0. The van der Waals surface area contributed by atoms with Gasteiger partial charge < -0.3 is 10.1 Å². The Morgan fingerprint density at radius 3 is 2.90 bits per heavy atom. The first-order valence-electron chi connectivity index (χ1n) is 6.66. The summed E-state index contributed by atoms with van der Waals surface area (Å²) in [5, 5.41) is 2.92. The SMILES string of the molecule is O=C(Nc1cccc(Oc2cnccn2)c1)C1CCC1. The van der Waals surface area contributed by atoms with Gasteiger partial charge in [0, 0.05) is 30.1 Å². The molecule has 0 spiro atoms. The summed E-state index contributed by atoms with van der Waals surface area (Å²) < 4.78 is 5.58. The molecule has 0 aliphatic heterocycles. The molecule has 3 rings (SSSR count). The van der Waals surface area contributed by atoms with Gasteiger partial charge in [-0.05, 0) is 25.0 Å². The molecule has 5 heteroatoms. The van der Waals surface area contributed by atoms with Crippen LogP contribution in [-0.4, -0.2) is 15.9 Å². The molecule has 1 saturated carbocycles. The Morgan fingerprint density at radius 2 is 2.20 bits per heavy atom. The van der Waals surface area contributed by atoms with Crippen molar-refractivity contribution in [3.8, 4) is 11.6 Å². The number of aromatic nitrogens is 2. The van der Waals surface area contributed by atoms with Crippen LogP contribution in [0.3, 0.4) is 0 Å². The smallest absolute Gasteiger partial charge is 0.237 e. The normalized spacial score (nSPS) is 14.4. The Labute approximate surface area is 117 Å². The fraction of sp³-hybridized carbons (Fsp3) is 0.267. The molecule has 20 heavy (non-hydrogen) atoms. The number of nitrogens with zero attached hydrogens (tertiary/aromatic N) is 2. The van der Waals surface area contributed by atoms with Gasteiger partial charge in [0.2, 0.25) is 11.8 Å². The van der Waals surface area contributed by atoms with Gasteiger partial charge in [0.1, 0.15) is 5.75 Å². The Bertz CT molecular complexity index is 597. The van der Waals surface area contributed by atoms with Crippen molar-refractivity contribution in [2.45, 2.75) is 19.3 Å². The molecule has 0 unspecified atom stereocenters. The van der Waals surface area contributed by atoms with E-state index in [0.717, 1.165) is 24.9 Å². The zero-order chi connectivity index (χ0) is 13.8. The molecule has 1 N–H and O–H groups in total. The van der Waals surface area contributed by atoms with Crippen LogP contribution in [0, 0.1) is 5.92 Å². The molecular formula is C15H15N3O2. The minimum Gasteiger partial charge on any atom is -0.437 e. The van der Waals surface area contributed by atoms with Gasteiger partial charge in [-0.25, -0.2) is 4.98 Å². The van der Waals surface area contributed by atoms with Crippen molar-refractivity contribution in [1.82, 2.24) is 9.97 Å². The zero-order valence-corrected chi connectivity index (χ0v) is 11.0. The molecular weight excluding hydrogens is 254 g/mol. The highest BCUT2D eigenvalue weighted by Gasteiger charge is 2.25. The third-order valence-corrected chi connectivity index (χ3v) is 3.34. The fourth-order valence-corrected chi connectivity index (χ4v) is 2.01. The second-order valence-corrected chi connectivity index (χ2v) is 4.79. The lowest BCUT2D eigenvalue weighted by molar-refractivity contribution is -0.122. The number of carbonyl (C=O) groups is 1. The van der Waals surface area contributed by atoms with E-state index in [9.17, 15) is 4.79 Å². The van der Waals surface area contributed by atoms with E-state index >= 15 is 0 Å². The molecule has 5 nitrogen and oxygen atoms in total. The van der Waals surface area contributed by atoms with Crippen molar-refractivity contribution in [3.05, 3.63) is 42.9 Å². The van der Waals surface area contributed by atoms with E-state index in [2.05, 4.69) is 15.3 Å². The van der Waals surface area contributed by atoms with Crippen molar-refractivity contribution in [3.63, 3.8) is 0 Å². The van der Waals surface area contributed by atoms with E-state index in [0.29, 0.717) is 11.6 Å². The van der Waals surface area contributed by atoms with Crippen molar-refractivity contribution in [2.24, 2.45) is 5.92 Å². The monoisotopic (exact) mass is 269 g/mol. The Kier molecular flexibility index (Phi) is 3.58. The van der Waals surface area contributed by atoms with Gasteiger partial charge in [-0.15, -0.1) is 0 Å². The van der Waals surface area contributed by atoms with Gasteiger partial charge in [0.25, 0.3) is 0 Å². The van der Waals surface area contributed by atoms with Gasteiger partial charge in [-0.2, -0.15) is 0 Å². The second kappa shape index (κ2) is 5.69. The molecule has 1 amide bonds. The highest BCUT2D eigenvalue weighted by atomic mass is 16.5. The number of amides is 1. The summed E-state index contributed by atoms with van der Waals surface area (Å²) in [4.78, 5) is 19.9. The van der Waals surface area contributed by atoms with Gasteiger partial charge in [-0.1, -0.05) is 12.5 Å². The maximum absolute atomic E-state index is 11.9. The van der Waals surface area contributed by atoms with Crippen LogP contribution in [0.2, 0.25) is 0 Å². The standard InChI is InChI=1S/C15H15N3O2/c19-15(11-3-1-4-11)18-12-5-2-6-13(9-12)20-14-10-16-7-8-17-14/h2,5-11H,1,3-4H2,(H,18,19). The lowest BCUT2D eigenvalue weighted by Crippen LogP contribution is -2.27. The van der Waals surface area contributed by atoms with Crippen molar-refractivity contribution < 1.29 is 9.53 Å². The van der Waals surface area contributed by atoms with Crippen molar-refractivity contribution >= 4 is 11.6 Å². The van der Waals surface area contributed by atoms with Crippen LogP contribution < -0.4 is 10.1 Å². The van der Waals surface area contributed by atoms with Crippen LogP contribution in [0.4, 0.5) is 5.69 Å². The van der Waals surface area contributed by atoms with Crippen molar-refractivity contribution in [1.29, 1.82) is 0 Å². The van der Waals surface area contributed by atoms with Crippen LogP contribution in [0.1, 0.15) is 19.3 Å². The maximum Gasteiger partial charge on any atom is 0.237 e. The summed E-state index contributed by atoms with van der Waals surface area (Å²) in [6, 6.07) is 7.28. The number of ether oxygens (including phenoxy) is 1.